The zero-order chi connectivity index (χ0) is 9.61. The minimum absolute atomic E-state index is 0.322. The van der Waals surface area contributed by atoms with Gasteiger partial charge in [-0.3, -0.25) is 0 Å². The fourth-order valence-electron chi connectivity index (χ4n) is 0.428. The maximum Gasteiger partial charge on any atom is 0.448 e. The molecule has 0 saturated heterocycles. The SMILES string of the molecule is FC(F)(F)Br.Oc1ccccc1. The normalized spacial score (nSPS) is 10.0. The quantitative estimate of drug-likeness (QED) is 0.693. The molecule has 0 aliphatic rings. The van der Waals surface area contributed by atoms with Crippen molar-refractivity contribution >= 4 is 15.9 Å². The standard InChI is InChI=1S/C6H6O.CBrF3/c7-6-4-2-1-3-5-6;2-1(3,4)5/h1-5,7H;. The van der Waals surface area contributed by atoms with Gasteiger partial charge in [-0.15, -0.1) is 0 Å². The minimum Gasteiger partial charge on any atom is -0.508 e. The zero-order valence-corrected chi connectivity index (χ0v) is 7.43. The number of halogens is 4. The van der Waals surface area contributed by atoms with Crippen molar-refractivity contribution in [1.29, 1.82) is 0 Å². The first-order valence-corrected chi connectivity index (χ1v) is 3.68. The van der Waals surface area contributed by atoms with Gasteiger partial charge in [0.25, 0.3) is 0 Å². The number of rotatable bonds is 0. The molecular formula is C7H6BrF3O. The Balaban J connectivity index is 0.000000217. The molecule has 0 heterocycles. The van der Waals surface area contributed by atoms with Gasteiger partial charge >= 0.3 is 5.09 Å². The summed E-state index contributed by atoms with van der Waals surface area (Å²) in [7, 11) is 0. The van der Waals surface area contributed by atoms with Crippen LogP contribution in [0.25, 0.3) is 0 Å². The summed E-state index contributed by atoms with van der Waals surface area (Å²) >= 11 is 1.38. The van der Waals surface area contributed by atoms with Crippen LogP contribution in [0.2, 0.25) is 0 Å². The van der Waals surface area contributed by atoms with E-state index in [1.165, 1.54) is 15.9 Å². The second kappa shape index (κ2) is 5.03. The Hall–Kier alpha value is -0.710. The Morgan fingerprint density at radius 2 is 1.42 bits per heavy atom. The van der Waals surface area contributed by atoms with Gasteiger partial charge in [-0.05, 0) is 12.1 Å². The van der Waals surface area contributed by atoms with Crippen molar-refractivity contribution in [1.82, 2.24) is 0 Å². The third-order valence-electron chi connectivity index (χ3n) is 0.756. The molecule has 1 aromatic carbocycles. The van der Waals surface area contributed by atoms with Gasteiger partial charge in [-0.2, -0.15) is 13.2 Å². The number of benzene rings is 1. The lowest BCUT2D eigenvalue weighted by molar-refractivity contribution is -0.0245. The molecule has 0 saturated carbocycles. The van der Waals surface area contributed by atoms with Gasteiger partial charge in [0.2, 0.25) is 0 Å². The van der Waals surface area contributed by atoms with E-state index in [-0.39, 0.29) is 0 Å². The van der Waals surface area contributed by atoms with Gasteiger partial charge in [0.05, 0.1) is 0 Å². The van der Waals surface area contributed by atoms with Crippen LogP contribution in [-0.2, 0) is 0 Å². The first-order chi connectivity index (χ1) is 5.39. The molecule has 0 radical (unpaired) electrons. The minimum atomic E-state index is -4.19. The molecule has 0 unspecified atom stereocenters. The number of phenolic OH excluding ortho intramolecular Hbond substituents is 1. The molecule has 0 atom stereocenters. The summed E-state index contributed by atoms with van der Waals surface area (Å²) < 4.78 is 30.8. The van der Waals surface area contributed by atoms with E-state index in [1.54, 1.807) is 24.3 Å². The van der Waals surface area contributed by atoms with Crippen molar-refractivity contribution in [3.05, 3.63) is 30.3 Å². The van der Waals surface area contributed by atoms with Crippen LogP contribution in [0.15, 0.2) is 30.3 Å². The second-order valence-corrected chi connectivity index (χ2v) is 2.66. The van der Waals surface area contributed by atoms with E-state index >= 15 is 0 Å². The highest BCUT2D eigenvalue weighted by atomic mass is 79.9. The Labute approximate surface area is 76.0 Å². The van der Waals surface area contributed by atoms with Crippen molar-refractivity contribution in [2.24, 2.45) is 0 Å². The highest BCUT2D eigenvalue weighted by molar-refractivity contribution is 9.09. The van der Waals surface area contributed by atoms with E-state index in [9.17, 15) is 13.2 Å². The van der Waals surface area contributed by atoms with Crippen LogP contribution < -0.4 is 0 Å². The summed E-state index contributed by atoms with van der Waals surface area (Å²) in [6.07, 6.45) is 0. The number of hydrogen-bond acceptors (Lipinski definition) is 1. The van der Waals surface area contributed by atoms with Gasteiger partial charge in [0, 0.05) is 15.9 Å². The third-order valence-corrected chi connectivity index (χ3v) is 0.756. The predicted octanol–water partition coefficient (Wildman–Crippen LogP) is 3.29. The summed E-state index contributed by atoms with van der Waals surface area (Å²) in [4.78, 5) is 0. The summed E-state index contributed by atoms with van der Waals surface area (Å²) in [6, 6.07) is 8.71. The Bertz CT molecular complexity index is 204. The van der Waals surface area contributed by atoms with Crippen LogP contribution in [0.5, 0.6) is 5.75 Å². The highest BCUT2D eigenvalue weighted by Crippen LogP contribution is 2.21. The number of phenols is 1. The van der Waals surface area contributed by atoms with Crippen LogP contribution >= 0.6 is 15.9 Å². The average molecular weight is 243 g/mol. The molecule has 0 aliphatic heterocycles. The molecule has 68 valence electrons. The van der Waals surface area contributed by atoms with E-state index in [0.29, 0.717) is 5.75 Å². The molecule has 0 fully saturated rings. The number of alkyl halides is 4. The van der Waals surface area contributed by atoms with Crippen LogP contribution in [0, 0.1) is 0 Å². The summed E-state index contributed by atoms with van der Waals surface area (Å²) in [5.41, 5.74) is 0. The molecule has 1 rings (SSSR count). The van der Waals surface area contributed by atoms with E-state index in [1.807, 2.05) is 6.07 Å². The second-order valence-electron chi connectivity index (χ2n) is 1.76. The predicted molar refractivity (Wildman–Crippen MR) is 43.1 cm³/mol. The van der Waals surface area contributed by atoms with Gasteiger partial charge in [-0.1, -0.05) is 18.2 Å². The summed E-state index contributed by atoms with van der Waals surface area (Å²) in [6.45, 7) is 0. The Morgan fingerprint density at radius 1 is 1.08 bits per heavy atom. The van der Waals surface area contributed by atoms with E-state index < -0.39 is 5.09 Å². The Morgan fingerprint density at radius 3 is 1.58 bits per heavy atom. The van der Waals surface area contributed by atoms with Crippen molar-refractivity contribution in [3.63, 3.8) is 0 Å². The monoisotopic (exact) mass is 242 g/mol. The lowest BCUT2D eigenvalue weighted by atomic mass is 10.3. The molecule has 0 spiro atoms. The van der Waals surface area contributed by atoms with Crippen LogP contribution in [-0.4, -0.2) is 10.2 Å². The number of aromatic hydroxyl groups is 1. The summed E-state index contributed by atoms with van der Waals surface area (Å²) in [5, 5.41) is 4.44. The van der Waals surface area contributed by atoms with Crippen molar-refractivity contribution in [2.75, 3.05) is 0 Å². The first-order valence-electron chi connectivity index (χ1n) is 2.89. The molecule has 5 heteroatoms. The zero-order valence-electron chi connectivity index (χ0n) is 5.85. The van der Waals surface area contributed by atoms with Gasteiger partial charge in [0.15, 0.2) is 0 Å². The maximum atomic E-state index is 10.3. The third kappa shape index (κ3) is 12.0. The fraction of sp³-hybridized carbons (Fsp3) is 0.143. The Kier molecular flexibility index (Phi) is 4.73. The average Bonchev–Trinajstić information content (AvgIpc) is 1.85. The highest BCUT2D eigenvalue weighted by Gasteiger charge is 2.19. The summed E-state index contributed by atoms with van der Waals surface area (Å²) in [5.74, 6) is 0.322. The van der Waals surface area contributed by atoms with Crippen molar-refractivity contribution in [3.8, 4) is 5.75 Å². The molecule has 0 aliphatic carbocycles. The fourth-order valence-corrected chi connectivity index (χ4v) is 0.428. The van der Waals surface area contributed by atoms with Crippen molar-refractivity contribution < 1.29 is 18.3 Å². The molecule has 1 aromatic rings. The van der Waals surface area contributed by atoms with E-state index in [0.717, 1.165) is 0 Å². The van der Waals surface area contributed by atoms with Gasteiger partial charge in [0.1, 0.15) is 5.75 Å². The van der Waals surface area contributed by atoms with Gasteiger partial charge in [-0.25, -0.2) is 0 Å². The van der Waals surface area contributed by atoms with Crippen LogP contribution in [0.1, 0.15) is 0 Å². The largest absolute Gasteiger partial charge is 0.508 e. The van der Waals surface area contributed by atoms with Crippen molar-refractivity contribution in [2.45, 2.75) is 5.09 Å². The lowest BCUT2D eigenvalue weighted by Gasteiger charge is -1.85. The first kappa shape index (κ1) is 11.3. The molecular weight excluding hydrogens is 237 g/mol. The van der Waals surface area contributed by atoms with E-state index in [4.69, 9.17) is 5.11 Å². The molecule has 0 aromatic heterocycles. The molecule has 1 nitrogen and oxygen atoms in total. The lowest BCUT2D eigenvalue weighted by Crippen LogP contribution is -1.88. The number of para-hydroxylation sites is 1. The smallest absolute Gasteiger partial charge is 0.448 e. The van der Waals surface area contributed by atoms with E-state index in [2.05, 4.69) is 0 Å². The van der Waals surface area contributed by atoms with Gasteiger partial charge < -0.3 is 5.11 Å². The van der Waals surface area contributed by atoms with Crippen LogP contribution in [0.4, 0.5) is 13.2 Å². The molecule has 0 bridgehead atoms. The molecule has 1 N–H and O–H groups in total. The number of hydrogen-bond donors (Lipinski definition) is 1. The topological polar surface area (TPSA) is 20.2 Å². The maximum absolute atomic E-state index is 10.3. The molecule has 12 heavy (non-hydrogen) atoms. The molecule has 0 amide bonds. The van der Waals surface area contributed by atoms with Crippen LogP contribution in [0.3, 0.4) is 0 Å².